The molecule has 1 aliphatic heterocycles. The number of nitrogens with zero attached hydrogens (tertiary/aromatic N) is 1. The van der Waals surface area contributed by atoms with Gasteiger partial charge in [-0.15, -0.1) is 0 Å². The van der Waals surface area contributed by atoms with Gasteiger partial charge in [0.2, 0.25) is 0 Å². The van der Waals surface area contributed by atoms with E-state index in [0.29, 0.717) is 12.1 Å². The molecule has 1 aliphatic rings. The Morgan fingerprint density at radius 2 is 2.12 bits per heavy atom. The summed E-state index contributed by atoms with van der Waals surface area (Å²) in [4.78, 5) is 0. The number of sulfonamides is 1. The summed E-state index contributed by atoms with van der Waals surface area (Å²) < 4.78 is 31.3. The van der Waals surface area contributed by atoms with Crippen LogP contribution in [0, 0.1) is 6.92 Å². The van der Waals surface area contributed by atoms with Crippen LogP contribution in [0.2, 0.25) is 0 Å². The Hall–Kier alpha value is -1.36. The van der Waals surface area contributed by atoms with Crippen LogP contribution in [0.4, 0.5) is 0 Å². The number of hydrogen-bond donors (Lipinski definition) is 0. The fraction of sp³-hybridized carbons (Fsp3) is 0.364. The van der Waals surface area contributed by atoms with Crippen molar-refractivity contribution >= 4 is 15.7 Å². The Morgan fingerprint density at radius 3 is 2.75 bits per heavy atom. The molecule has 0 bridgehead atoms. The summed E-state index contributed by atoms with van der Waals surface area (Å²) in [6, 6.07) is 7.62. The largest absolute Gasteiger partial charge is 0.487 e. The lowest BCUT2D eigenvalue weighted by molar-refractivity contribution is 0.372. The lowest BCUT2D eigenvalue weighted by atomic mass is 10.2. The second kappa shape index (κ2) is 4.25. The van der Waals surface area contributed by atoms with E-state index in [4.69, 9.17) is 4.74 Å². The number of benzene rings is 1. The van der Waals surface area contributed by atoms with E-state index >= 15 is 0 Å². The lowest BCUT2D eigenvalue weighted by Gasteiger charge is -2.07. The highest BCUT2D eigenvalue weighted by atomic mass is 32.2. The van der Waals surface area contributed by atoms with E-state index in [2.05, 4.69) is 4.40 Å². The molecule has 0 atom stereocenters. The van der Waals surface area contributed by atoms with Gasteiger partial charge in [-0.05, 0) is 18.6 Å². The van der Waals surface area contributed by atoms with E-state index in [-0.39, 0.29) is 12.4 Å². The zero-order valence-corrected chi connectivity index (χ0v) is 9.83. The van der Waals surface area contributed by atoms with Gasteiger partial charge in [0.15, 0.2) is 0 Å². The lowest BCUT2D eigenvalue weighted by Crippen LogP contribution is -2.09. The van der Waals surface area contributed by atoms with Crippen LogP contribution in [0.15, 0.2) is 28.7 Å². The monoisotopic (exact) mass is 239 g/mol. The quantitative estimate of drug-likeness (QED) is 0.804. The van der Waals surface area contributed by atoms with Crippen molar-refractivity contribution in [3.8, 4) is 5.75 Å². The molecule has 86 valence electrons. The zero-order valence-electron chi connectivity index (χ0n) is 9.01. The highest BCUT2D eigenvalue weighted by Gasteiger charge is 2.20. The van der Waals surface area contributed by atoms with Gasteiger partial charge in [0.05, 0.1) is 11.5 Å². The third-order valence-electron chi connectivity index (χ3n) is 2.40. The third-order valence-corrected chi connectivity index (χ3v) is 3.66. The highest BCUT2D eigenvalue weighted by molar-refractivity contribution is 7.90. The van der Waals surface area contributed by atoms with Crippen LogP contribution >= 0.6 is 0 Å². The molecule has 2 rings (SSSR count). The summed E-state index contributed by atoms with van der Waals surface area (Å²) in [5.74, 6) is 0.883. The first kappa shape index (κ1) is 11.1. The van der Waals surface area contributed by atoms with Gasteiger partial charge in [0.25, 0.3) is 10.0 Å². The predicted octanol–water partition coefficient (Wildman–Crippen LogP) is 1.55. The van der Waals surface area contributed by atoms with E-state index < -0.39 is 10.0 Å². The van der Waals surface area contributed by atoms with Crippen LogP contribution < -0.4 is 4.74 Å². The molecule has 0 amide bonds. The van der Waals surface area contributed by atoms with Crippen LogP contribution in [0.3, 0.4) is 0 Å². The molecule has 0 radical (unpaired) electrons. The van der Waals surface area contributed by atoms with Crippen molar-refractivity contribution in [1.82, 2.24) is 0 Å². The Balaban J connectivity index is 2.02. The van der Waals surface area contributed by atoms with Crippen molar-refractivity contribution in [2.75, 3.05) is 12.4 Å². The molecule has 0 fully saturated rings. The zero-order chi connectivity index (χ0) is 11.6. The number of para-hydroxylation sites is 1. The molecule has 1 aromatic carbocycles. The molecule has 0 N–H and O–H groups in total. The molecule has 0 spiro atoms. The Kier molecular flexibility index (Phi) is 2.96. The van der Waals surface area contributed by atoms with Crippen LogP contribution in [-0.2, 0) is 10.0 Å². The van der Waals surface area contributed by atoms with Crippen molar-refractivity contribution in [1.29, 1.82) is 0 Å². The second-order valence-electron chi connectivity index (χ2n) is 3.75. The fourth-order valence-electron chi connectivity index (χ4n) is 1.51. The van der Waals surface area contributed by atoms with E-state index in [1.54, 1.807) is 0 Å². The molecule has 16 heavy (non-hydrogen) atoms. The Bertz CT molecular complexity index is 520. The fourth-order valence-corrected chi connectivity index (χ4v) is 2.63. The molecule has 1 aromatic rings. The van der Waals surface area contributed by atoms with Crippen molar-refractivity contribution in [3.63, 3.8) is 0 Å². The summed E-state index contributed by atoms with van der Waals surface area (Å²) in [5.41, 5.74) is 1.63. The predicted molar refractivity (Wildman–Crippen MR) is 62.5 cm³/mol. The van der Waals surface area contributed by atoms with Gasteiger partial charge in [-0.1, -0.05) is 18.2 Å². The first-order chi connectivity index (χ1) is 7.57. The Morgan fingerprint density at radius 1 is 1.38 bits per heavy atom. The topological polar surface area (TPSA) is 55.7 Å². The third kappa shape index (κ3) is 2.61. The van der Waals surface area contributed by atoms with E-state index in [0.717, 1.165) is 11.3 Å². The van der Waals surface area contributed by atoms with Gasteiger partial charge in [-0.25, -0.2) is 8.42 Å². The van der Waals surface area contributed by atoms with Crippen LogP contribution in [-0.4, -0.2) is 26.5 Å². The first-order valence-corrected chi connectivity index (χ1v) is 6.66. The van der Waals surface area contributed by atoms with Gasteiger partial charge in [-0.2, -0.15) is 4.40 Å². The number of aryl methyl sites for hydroxylation is 1. The number of hydrogen-bond acceptors (Lipinski definition) is 3. The Labute approximate surface area is 95.0 Å². The van der Waals surface area contributed by atoms with Crippen molar-refractivity contribution in [3.05, 3.63) is 29.8 Å². The summed E-state index contributed by atoms with van der Waals surface area (Å²) in [6.45, 7) is 2.20. The molecule has 0 saturated carbocycles. The molecular formula is C11H13NO3S. The minimum atomic E-state index is -3.20. The summed E-state index contributed by atoms with van der Waals surface area (Å²) >= 11 is 0. The normalized spacial score (nSPS) is 18.2. The average molecular weight is 239 g/mol. The average Bonchev–Trinajstić information content (AvgIpc) is 2.57. The van der Waals surface area contributed by atoms with E-state index in [9.17, 15) is 8.42 Å². The van der Waals surface area contributed by atoms with Gasteiger partial charge < -0.3 is 4.74 Å². The molecular weight excluding hydrogens is 226 g/mol. The summed E-state index contributed by atoms with van der Waals surface area (Å²) in [5, 5.41) is 0. The minimum absolute atomic E-state index is 0.111. The van der Waals surface area contributed by atoms with Gasteiger partial charge in [0, 0.05) is 6.42 Å². The molecule has 0 saturated heterocycles. The van der Waals surface area contributed by atoms with E-state index in [1.165, 1.54) is 0 Å². The standard InChI is InChI=1S/C11H13NO3S/c1-9-4-2-3-5-11(9)15-8-10-6-7-16(13,14)12-10/h2-5H,6-8H2,1H3. The maximum Gasteiger partial charge on any atom is 0.253 e. The van der Waals surface area contributed by atoms with Crippen molar-refractivity contribution in [2.24, 2.45) is 4.40 Å². The van der Waals surface area contributed by atoms with E-state index in [1.807, 2.05) is 31.2 Å². The SMILES string of the molecule is Cc1ccccc1OCC1=NS(=O)(=O)CC1. The molecule has 0 aliphatic carbocycles. The highest BCUT2D eigenvalue weighted by Crippen LogP contribution is 2.17. The smallest absolute Gasteiger partial charge is 0.253 e. The van der Waals surface area contributed by atoms with Gasteiger partial charge in [-0.3, -0.25) is 0 Å². The summed E-state index contributed by atoms with van der Waals surface area (Å²) in [6.07, 6.45) is 0.480. The second-order valence-corrected chi connectivity index (χ2v) is 5.50. The first-order valence-electron chi connectivity index (χ1n) is 5.06. The molecule has 0 unspecified atom stereocenters. The maximum atomic E-state index is 11.1. The molecule has 1 heterocycles. The van der Waals surface area contributed by atoms with Crippen LogP contribution in [0.25, 0.3) is 0 Å². The minimum Gasteiger partial charge on any atom is -0.487 e. The molecule has 4 nitrogen and oxygen atoms in total. The molecule has 5 heteroatoms. The number of rotatable bonds is 3. The van der Waals surface area contributed by atoms with Gasteiger partial charge in [0.1, 0.15) is 12.4 Å². The maximum absolute atomic E-state index is 11.1. The van der Waals surface area contributed by atoms with Crippen molar-refractivity contribution in [2.45, 2.75) is 13.3 Å². The molecule has 0 aromatic heterocycles. The van der Waals surface area contributed by atoms with Crippen molar-refractivity contribution < 1.29 is 13.2 Å². The van der Waals surface area contributed by atoms with Crippen LogP contribution in [0.5, 0.6) is 5.75 Å². The van der Waals surface area contributed by atoms with Gasteiger partial charge >= 0.3 is 0 Å². The summed E-state index contributed by atoms with van der Waals surface area (Å²) in [7, 11) is -3.20. The number of ether oxygens (including phenoxy) is 1. The van der Waals surface area contributed by atoms with Crippen LogP contribution in [0.1, 0.15) is 12.0 Å².